The third-order valence-electron chi connectivity index (χ3n) is 1.80. The van der Waals surface area contributed by atoms with Gasteiger partial charge in [0.1, 0.15) is 6.61 Å². The van der Waals surface area contributed by atoms with E-state index in [4.69, 9.17) is 14.2 Å². The zero-order valence-electron chi connectivity index (χ0n) is 11.7. The molecule has 0 aromatic rings. The normalized spacial score (nSPS) is 12.8. The molecule has 0 rings (SSSR count). The summed E-state index contributed by atoms with van der Waals surface area (Å²) in [6, 6.07) is 0. The summed E-state index contributed by atoms with van der Waals surface area (Å²) in [5.74, 6) is -2.60. The van der Waals surface area contributed by atoms with E-state index >= 15 is 0 Å². The predicted molar refractivity (Wildman–Crippen MR) is 63.8 cm³/mol. The molecule has 0 fully saturated rings. The highest BCUT2D eigenvalue weighted by Gasteiger charge is 2.30. The Balaban J connectivity index is 4.83. The summed E-state index contributed by atoms with van der Waals surface area (Å²) in [6.07, 6.45) is -2.29. The molecule has 0 amide bonds. The molecular weight excluding hydrogens is 272 g/mol. The fraction of sp³-hybridized carbons (Fsp3) is 0.583. The quantitative estimate of drug-likeness (QED) is 0.481. The van der Waals surface area contributed by atoms with Crippen LogP contribution in [0.2, 0.25) is 0 Å². The van der Waals surface area contributed by atoms with Crippen molar-refractivity contribution in [1.82, 2.24) is 0 Å². The highest BCUT2D eigenvalue weighted by Crippen LogP contribution is 2.11. The number of rotatable bonds is 7. The highest BCUT2D eigenvalue weighted by molar-refractivity contribution is 5.68. The lowest BCUT2D eigenvalue weighted by atomic mass is 10.2. The molecule has 2 atom stereocenters. The lowest BCUT2D eigenvalue weighted by Crippen LogP contribution is -2.39. The van der Waals surface area contributed by atoms with Gasteiger partial charge in [-0.25, -0.2) is 0 Å². The van der Waals surface area contributed by atoms with Gasteiger partial charge in [0.25, 0.3) is 0 Å². The summed E-state index contributed by atoms with van der Waals surface area (Å²) in [7, 11) is 0. The van der Waals surface area contributed by atoms with Crippen LogP contribution in [0, 0.1) is 6.61 Å². The maximum atomic E-state index is 11.0. The molecule has 0 N–H and O–H groups in total. The van der Waals surface area contributed by atoms with Crippen LogP contribution in [-0.2, 0) is 38.1 Å². The SMILES string of the molecule is CC(=O)O[CH]C(OC(C)=O)C(COC(C)=O)OC(C)=O. The Labute approximate surface area is 116 Å². The van der Waals surface area contributed by atoms with Gasteiger partial charge >= 0.3 is 23.9 Å². The zero-order chi connectivity index (χ0) is 15.7. The van der Waals surface area contributed by atoms with Crippen LogP contribution in [0.5, 0.6) is 0 Å². The molecule has 113 valence electrons. The van der Waals surface area contributed by atoms with Crippen LogP contribution in [0.1, 0.15) is 27.7 Å². The van der Waals surface area contributed by atoms with Gasteiger partial charge in [0.15, 0.2) is 18.8 Å². The minimum atomic E-state index is -1.18. The molecule has 0 heterocycles. The van der Waals surface area contributed by atoms with E-state index in [1.807, 2.05) is 0 Å². The van der Waals surface area contributed by atoms with Crippen molar-refractivity contribution < 1.29 is 38.1 Å². The van der Waals surface area contributed by atoms with Gasteiger partial charge in [-0.05, 0) is 0 Å². The largest absolute Gasteiger partial charge is 0.462 e. The summed E-state index contributed by atoms with van der Waals surface area (Å²) < 4.78 is 19.0. The maximum Gasteiger partial charge on any atom is 0.303 e. The van der Waals surface area contributed by atoms with E-state index in [2.05, 4.69) is 4.74 Å². The topological polar surface area (TPSA) is 105 Å². The first kappa shape index (κ1) is 17.9. The molecule has 2 unspecified atom stereocenters. The van der Waals surface area contributed by atoms with Crippen molar-refractivity contribution in [3.8, 4) is 0 Å². The van der Waals surface area contributed by atoms with Crippen LogP contribution >= 0.6 is 0 Å². The molecule has 0 aromatic carbocycles. The Hall–Kier alpha value is -2.12. The molecule has 0 aliphatic carbocycles. The number of hydrogen-bond acceptors (Lipinski definition) is 8. The van der Waals surface area contributed by atoms with Gasteiger partial charge in [0.05, 0.1) is 0 Å². The van der Waals surface area contributed by atoms with Crippen LogP contribution < -0.4 is 0 Å². The lowest BCUT2D eigenvalue weighted by Gasteiger charge is -2.24. The molecule has 0 saturated heterocycles. The van der Waals surface area contributed by atoms with E-state index in [9.17, 15) is 19.2 Å². The average molecular weight is 289 g/mol. The molecular formula is C12H17O8. The Morgan fingerprint density at radius 1 is 0.850 bits per heavy atom. The molecule has 0 spiro atoms. The number of carbonyl (C=O) groups is 4. The van der Waals surface area contributed by atoms with Crippen LogP contribution in [0.15, 0.2) is 0 Å². The number of hydrogen-bond donors (Lipinski definition) is 0. The first-order chi connectivity index (χ1) is 9.22. The minimum Gasteiger partial charge on any atom is -0.462 e. The van der Waals surface area contributed by atoms with E-state index in [0.717, 1.165) is 27.4 Å². The first-order valence-electron chi connectivity index (χ1n) is 5.70. The third kappa shape index (κ3) is 8.90. The second-order valence-corrected chi connectivity index (χ2v) is 3.77. The highest BCUT2D eigenvalue weighted by atomic mass is 16.6. The van der Waals surface area contributed by atoms with Crippen molar-refractivity contribution in [2.24, 2.45) is 0 Å². The van der Waals surface area contributed by atoms with Gasteiger partial charge in [-0.1, -0.05) is 0 Å². The standard InChI is InChI=1S/C12H17O8/c1-7(13)17-5-11(19-9(3)15)12(20-10(4)16)6-18-8(2)14/h5,11-12H,6H2,1-4H3. The van der Waals surface area contributed by atoms with Gasteiger partial charge in [-0.15, -0.1) is 0 Å². The summed E-state index contributed by atoms with van der Waals surface area (Å²) in [5.41, 5.74) is 0. The fourth-order valence-corrected chi connectivity index (χ4v) is 1.15. The number of carbonyl (C=O) groups excluding carboxylic acids is 4. The van der Waals surface area contributed by atoms with Gasteiger partial charge in [-0.2, -0.15) is 0 Å². The number of esters is 4. The average Bonchev–Trinajstić information content (AvgIpc) is 2.28. The maximum absolute atomic E-state index is 11.0. The van der Waals surface area contributed by atoms with Crippen LogP contribution in [0.25, 0.3) is 0 Å². The van der Waals surface area contributed by atoms with Crippen molar-refractivity contribution in [3.05, 3.63) is 6.61 Å². The number of ether oxygens (including phenoxy) is 4. The molecule has 0 aromatic heterocycles. The molecule has 8 nitrogen and oxygen atoms in total. The molecule has 20 heavy (non-hydrogen) atoms. The molecule has 0 aliphatic heterocycles. The van der Waals surface area contributed by atoms with Crippen molar-refractivity contribution in [3.63, 3.8) is 0 Å². The molecule has 0 aliphatic rings. The van der Waals surface area contributed by atoms with Crippen LogP contribution in [-0.4, -0.2) is 42.7 Å². The van der Waals surface area contributed by atoms with E-state index in [1.165, 1.54) is 6.92 Å². The molecule has 0 saturated carbocycles. The lowest BCUT2D eigenvalue weighted by molar-refractivity contribution is -0.174. The van der Waals surface area contributed by atoms with Crippen molar-refractivity contribution >= 4 is 23.9 Å². The second kappa shape index (κ2) is 8.89. The third-order valence-corrected chi connectivity index (χ3v) is 1.80. The zero-order valence-corrected chi connectivity index (χ0v) is 11.7. The molecule has 1 radical (unpaired) electrons. The summed E-state index contributed by atoms with van der Waals surface area (Å²) in [5, 5.41) is 0. The predicted octanol–water partition coefficient (Wildman–Crippen LogP) is 0.138. The first-order valence-corrected chi connectivity index (χ1v) is 5.70. The Kier molecular flexibility index (Phi) is 7.95. The van der Waals surface area contributed by atoms with Crippen molar-refractivity contribution in [2.45, 2.75) is 39.9 Å². The van der Waals surface area contributed by atoms with E-state index in [-0.39, 0.29) is 6.61 Å². The monoisotopic (exact) mass is 289 g/mol. The summed E-state index contributed by atoms with van der Waals surface area (Å²) in [6.45, 7) is 5.14. The molecule has 0 bridgehead atoms. The molecule has 8 heteroatoms. The van der Waals surface area contributed by atoms with Crippen molar-refractivity contribution in [2.75, 3.05) is 6.61 Å². The van der Waals surface area contributed by atoms with Crippen LogP contribution in [0.4, 0.5) is 0 Å². The Morgan fingerprint density at radius 3 is 1.80 bits per heavy atom. The summed E-state index contributed by atoms with van der Waals surface area (Å²) in [4.78, 5) is 43.5. The van der Waals surface area contributed by atoms with Gasteiger partial charge in [0.2, 0.25) is 0 Å². The Bertz CT molecular complexity index is 340. The summed E-state index contributed by atoms with van der Waals surface area (Å²) >= 11 is 0. The van der Waals surface area contributed by atoms with E-state index < -0.39 is 36.1 Å². The van der Waals surface area contributed by atoms with Gasteiger partial charge in [0, 0.05) is 27.7 Å². The Morgan fingerprint density at radius 2 is 1.40 bits per heavy atom. The van der Waals surface area contributed by atoms with Crippen LogP contribution in [0.3, 0.4) is 0 Å². The van der Waals surface area contributed by atoms with Crippen molar-refractivity contribution in [1.29, 1.82) is 0 Å². The van der Waals surface area contributed by atoms with Gasteiger partial charge < -0.3 is 18.9 Å². The van der Waals surface area contributed by atoms with E-state index in [0.29, 0.717) is 0 Å². The smallest absolute Gasteiger partial charge is 0.303 e. The van der Waals surface area contributed by atoms with Gasteiger partial charge in [-0.3, -0.25) is 19.2 Å². The minimum absolute atomic E-state index is 0.343. The van der Waals surface area contributed by atoms with E-state index in [1.54, 1.807) is 0 Å². The second-order valence-electron chi connectivity index (χ2n) is 3.77. The fourth-order valence-electron chi connectivity index (χ4n) is 1.15.